The molecule has 3 aromatic rings. The number of rotatable bonds is 2. The van der Waals surface area contributed by atoms with Gasteiger partial charge in [-0.1, -0.05) is 23.7 Å². The minimum Gasteiger partial charge on any atom is -0.383 e. The molecule has 0 fully saturated rings. The minimum atomic E-state index is 0.238. The fourth-order valence-electron chi connectivity index (χ4n) is 2.45. The smallest absolute Gasteiger partial charge is 0.142 e. The van der Waals surface area contributed by atoms with Crippen LogP contribution in [0.1, 0.15) is 11.1 Å². The molecule has 3 rings (SSSR count). The number of nitrogens with two attached hydrogens (primary N) is 1. The maximum atomic E-state index is 9.50. The highest BCUT2D eigenvalue weighted by atomic mass is 79.9. The second kappa shape index (κ2) is 6.32. The Hall–Kier alpha value is -1.87. The van der Waals surface area contributed by atoms with Gasteiger partial charge in [-0.25, -0.2) is 4.98 Å². The van der Waals surface area contributed by atoms with Crippen LogP contribution in [0, 0.1) is 18.3 Å². The van der Waals surface area contributed by atoms with Gasteiger partial charge < -0.3 is 5.73 Å². The van der Waals surface area contributed by atoms with Crippen molar-refractivity contribution >= 4 is 44.7 Å². The largest absolute Gasteiger partial charge is 0.383 e. The van der Waals surface area contributed by atoms with E-state index in [-0.39, 0.29) is 5.82 Å². The number of anilines is 1. The third-order valence-corrected chi connectivity index (χ3v) is 5.41. The average Bonchev–Trinajstić information content (AvgIpc) is 2.95. The summed E-state index contributed by atoms with van der Waals surface area (Å²) in [5.74, 6) is 0.238. The van der Waals surface area contributed by atoms with Crippen molar-refractivity contribution in [3.63, 3.8) is 0 Å². The molecular formula is C17H11BrClN3S. The van der Waals surface area contributed by atoms with Crippen LogP contribution in [0.2, 0.25) is 5.02 Å². The van der Waals surface area contributed by atoms with Crippen molar-refractivity contribution < 1.29 is 0 Å². The maximum absolute atomic E-state index is 9.50. The van der Waals surface area contributed by atoms with Crippen molar-refractivity contribution in [3.8, 4) is 27.8 Å². The molecule has 0 amide bonds. The van der Waals surface area contributed by atoms with Gasteiger partial charge in [0.25, 0.3) is 0 Å². The summed E-state index contributed by atoms with van der Waals surface area (Å²) >= 11 is 11.0. The van der Waals surface area contributed by atoms with Gasteiger partial charge in [0.05, 0.1) is 9.48 Å². The Bertz CT molecular complexity index is 926. The molecule has 0 atom stereocenters. The Kier molecular flexibility index (Phi) is 4.40. The Morgan fingerprint density at radius 2 is 1.91 bits per heavy atom. The van der Waals surface area contributed by atoms with Crippen molar-refractivity contribution in [2.45, 2.75) is 6.92 Å². The normalized spacial score (nSPS) is 10.5. The molecule has 1 aromatic carbocycles. The second-order valence-corrected chi connectivity index (χ2v) is 7.84. The number of hydrogen-bond acceptors (Lipinski definition) is 4. The van der Waals surface area contributed by atoms with Crippen molar-refractivity contribution in [3.05, 3.63) is 56.3 Å². The topological polar surface area (TPSA) is 62.7 Å². The van der Waals surface area contributed by atoms with E-state index in [1.165, 1.54) is 0 Å². The zero-order valence-corrected chi connectivity index (χ0v) is 15.3. The lowest BCUT2D eigenvalue weighted by Gasteiger charge is -2.13. The molecule has 2 aromatic heterocycles. The first-order valence-electron chi connectivity index (χ1n) is 6.73. The first kappa shape index (κ1) is 16.0. The molecule has 23 heavy (non-hydrogen) atoms. The lowest BCUT2D eigenvalue weighted by molar-refractivity contribution is 1.26. The van der Waals surface area contributed by atoms with E-state index >= 15 is 0 Å². The Balaban J connectivity index is 2.30. The van der Waals surface area contributed by atoms with Crippen LogP contribution in [0.25, 0.3) is 21.7 Å². The maximum Gasteiger partial charge on any atom is 0.142 e. The van der Waals surface area contributed by atoms with Crippen LogP contribution in [0.15, 0.2) is 40.2 Å². The number of halogens is 2. The van der Waals surface area contributed by atoms with E-state index in [9.17, 15) is 5.26 Å². The van der Waals surface area contributed by atoms with E-state index < -0.39 is 0 Å². The van der Waals surface area contributed by atoms with Crippen LogP contribution in [-0.4, -0.2) is 4.98 Å². The van der Waals surface area contributed by atoms with E-state index in [0.717, 1.165) is 31.0 Å². The first-order chi connectivity index (χ1) is 11.0. The summed E-state index contributed by atoms with van der Waals surface area (Å²) in [6, 6.07) is 13.5. The third-order valence-electron chi connectivity index (χ3n) is 3.52. The fourth-order valence-corrected chi connectivity index (χ4v) is 4.07. The van der Waals surface area contributed by atoms with E-state index in [0.29, 0.717) is 10.6 Å². The van der Waals surface area contributed by atoms with Gasteiger partial charge in [-0.3, -0.25) is 0 Å². The number of aromatic nitrogens is 1. The van der Waals surface area contributed by atoms with Crippen molar-refractivity contribution in [1.29, 1.82) is 5.26 Å². The van der Waals surface area contributed by atoms with Crippen LogP contribution in [0.3, 0.4) is 0 Å². The molecule has 0 radical (unpaired) electrons. The third kappa shape index (κ3) is 2.98. The SMILES string of the molecule is Cc1c(-c2ccc(Cl)cc2)nc(N)c(C#N)c1-c1ccc(Br)s1. The molecule has 0 aliphatic rings. The van der Waals surface area contributed by atoms with Gasteiger partial charge in [-0.15, -0.1) is 11.3 Å². The molecule has 2 N–H and O–H groups in total. The van der Waals surface area contributed by atoms with Crippen LogP contribution in [0.4, 0.5) is 5.82 Å². The zero-order valence-electron chi connectivity index (χ0n) is 12.1. The Morgan fingerprint density at radius 1 is 1.22 bits per heavy atom. The number of benzene rings is 1. The number of hydrogen-bond donors (Lipinski definition) is 1. The molecular weight excluding hydrogens is 394 g/mol. The molecule has 114 valence electrons. The van der Waals surface area contributed by atoms with Gasteiger partial charge in [0.15, 0.2) is 0 Å². The summed E-state index contributed by atoms with van der Waals surface area (Å²) in [5, 5.41) is 10.2. The summed E-state index contributed by atoms with van der Waals surface area (Å²) < 4.78 is 0.999. The molecule has 0 bridgehead atoms. The molecule has 0 aliphatic carbocycles. The number of nitriles is 1. The van der Waals surface area contributed by atoms with E-state index in [4.69, 9.17) is 17.3 Å². The predicted octanol–water partition coefficient (Wildman–Crippen LogP) is 5.66. The summed E-state index contributed by atoms with van der Waals surface area (Å²) in [6.45, 7) is 1.96. The highest BCUT2D eigenvalue weighted by molar-refractivity contribution is 9.11. The van der Waals surface area contributed by atoms with Gasteiger partial charge in [-0.2, -0.15) is 5.26 Å². The number of nitrogens with zero attached hydrogens (tertiary/aromatic N) is 2. The van der Waals surface area contributed by atoms with Gasteiger partial charge in [0, 0.05) is 21.0 Å². The quantitative estimate of drug-likeness (QED) is 0.600. The lowest BCUT2D eigenvalue weighted by atomic mass is 9.97. The lowest BCUT2D eigenvalue weighted by Crippen LogP contribution is -2.02. The first-order valence-corrected chi connectivity index (χ1v) is 8.72. The summed E-state index contributed by atoms with van der Waals surface area (Å²) in [5.41, 5.74) is 9.89. The zero-order chi connectivity index (χ0) is 16.6. The Labute approximate surface area is 151 Å². The highest BCUT2D eigenvalue weighted by Gasteiger charge is 2.19. The molecule has 2 heterocycles. The van der Waals surface area contributed by atoms with Crippen LogP contribution < -0.4 is 5.73 Å². The molecule has 0 saturated heterocycles. The molecule has 0 unspecified atom stereocenters. The van der Waals surface area contributed by atoms with E-state index in [1.807, 2.05) is 43.3 Å². The monoisotopic (exact) mass is 403 g/mol. The summed E-state index contributed by atoms with van der Waals surface area (Å²) in [4.78, 5) is 5.42. The van der Waals surface area contributed by atoms with Gasteiger partial charge >= 0.3 is 0 Å². The number of pyridine rings is 1. The predicted molar refractivity (Wildman–Crippen MR) is 99.6 cm³/mol. The van der Waals surface area contributed by atoms with Gasteiger partial charge in [0.2, 0.25) is 0 Å². The van der Waals surface area contributed by atoms with Crippen LogP contribution in [0.5, 0.6) is 0 Å². The van der Waals surface area contributed by atoms with E-state index in [1.54, 1.807) is 11.3 Å². The molecule has 3 nitrogen and oxygen atoms in total. The van der Waals surface area contributed by atoms with Gasteiger partial charge in [-0.05, 0) is 52.7 Å². The standard InChI is InChI=1S/C17H11BrClN3S/c1-9-15(13-6-7-14(18)23-13)12(8-20)17(21)22-16(9)10-2-4-11(19)5-3-10/h2-7H,1H3,(H2,21,22). The second-order valence-electron chi connectivity index (χ2n) is 4.94. The van der Waals surface area contributed by atoms with Crippen molar-refractivity contribution in [1.82, 2.24) is 4.98 Å². The highest BCUT2D eigenvalue weighted by Crippen LogP contribution is 2.40. The average molecular weight is 405 g/mol. The van der Waals surface area contributed by atoms with Crippen LogP contribution in [-0.2, 0) is 0 Å². The molecule has 6 heteroatoms. The minimum absolute atomic E-state index is 0.238. The summed E-state index contributed by atoms with van der Waals surface area (Å²) in [6.07, 6.45) is 0. The van der Waals surface area contributed by atoms with Gasteiger partial charge in [0.1, 0.15) is 17.5 Å². The van der Waals surface area contributed by atoms with Crippen molar-refractivity contribution in [2.75, 3.05) is 5.73 Å². The van der Waals surface area contributed by atoms with Crippen molar-refractivity contribution in [2.24, 2.45) is 0 Å². The fraction of sp³-hybridized carbons (Fsp3) is 0.0588. The molecule has 0 spiro atoms. The number of thiophene rings is 1. The number of nitrogen functional groups attached to an aromatic ring is 1. The Morgan fingerprint density at radius 3 is 2.48 bits per heavy atom. The van der Waals surface area contributed by atoms with Crippen LogP contribution >= 0.6 is 38.9 Å². The van der Waals surface area contributed by atoms with E-state index in [2.05, 4.69) is 27.0 Å². The molecule has 0 saturated carbocycles. The summed E-state index contributed by atoms with van der Waals surface area (Å²) in [7, 11) is 0. The molecule has 0 aliphatic heterocycles.